The molecule has 0 N–H and O–H groups in total. The second-order valence-electron chi connectivity index (χ2n) is 8.17. The van der Waals surface area contributed by atoms with E-state index in [1.165, 1.54) is 11.0 Å². The van der Waals surface area contributed by atoms with Crippen LogP contribution in [0.2, 0.25) is 0 Å². The van der Waals surface area contributed by atoms with Crippen LogP contribution >= 0.6 is 0 Å². The van der Waals surface area contributed by atoms with Gasteiger partial charge in [-0.05, 0) is 49.7 Å². The summed E-state index contributed by atoms with van der Waals surface area (Å²) in [5.41, 5.74) is 0.00132. The van der Waals surface area contributed by atoms with Crippen molar-refractivity contribution < 1.29 is 9.72 Å². The highest BCUT2D eigenvalue weighted by Crippen LogP contribution is 2.38. The first kappa shape index (κ1) is 19.2. The smallest absolute Gasteiger partial charge is 0.293 e. The van der Waals surface area contributed by atoms with Gasteiger partial charge in [-0.15, -0.1) is 0 Å². The van der Waals surface area contributed by atoms with E-state index in [1.54, 1.807) is 19.2 Å². The quantitative estimate of drug-likeness (QED) is 0.597. The highest BCUT2D eigenvalue weighted by molar-refractivity contribution is 5.96. The monoisotopic (exact) mass is 370 g/mol. The predicted octanol–water partition coefficient (Wildman–Crippen LogP) is 3.60. The maximum absolute atomic E-state index is 12.8. The molecule has 1 saturated heterocycles. The zero-order valence-electron chi connectivity index (χ0n) is 16.1. The van der Waals surface area contributed by atoms with E-state index in [9.17, 15) is 20.2 Å². The number of carbonyl (C=O) groups excluding carboxylic acids is 1. The van der Waals surface area contributed by atoms with Crippen molar-refractivity contribution in [3.8, 4) is 6.07 Å². The predicted molar refractivity (Wildman–Crippen MR) is 103 cm³/mol. The molecule has 7 nitrogen and oxygen atoms in total. The minimum atomic E-state index is -0.776. The summed E-state index contributed by atoms with van der Waals surface area (Å²) in [7, 11) is 1.61. The molecule has 2 atom stereocenters. The molecule has 0 unspecified atom stereocenters. The Morgan fingerprint density at radius 3 is 2.44 bits per heavy atom. The van der Waals surface area contributed by atoms with E-state index < -0.39 is 10.5 Å². The van der Waals surface area contributed by atoms with Crippen LogP contribution < -0.4 is 4.90 Å². The number of anilines is 1. The number of nitro groups is 1. The number of amides is 1. The Labute approximate surface area is 159 Å². The van der Waals surface area contributed by atoms with Crippen LogP contribution in [-0.4, -0.2) is 41.4 Å². The Morgan fingerprint density at radius 2 is 1.96 bits per heavy atom. The zero-order valence-corrected chi connectivity index (χ0v) is 16.1. The summed E-state index contributed by atoms with van der Waals surface area (Å²) < 4.78 is 0. The van der Waals surface area contributed by atoms with E-state index in [0.29, 0.717) is 30.4 Å². The lowest BCUT2D eigenvalue weighted by atomic mass is 9.76. The van der Waals surface area contributed by atoms with Crippen LogP contribution in [0.5, 0.6) is 0 Å². The molecule has 0 bridgehead atoms. The number of rotatable bonds is 4. The molecule has 1 saturated carbocycles. The van der Waals surface area contributed by atoms with E-state index >= 15 is 0 Å². The van der Waals surface area contributed by atoms with Crippen molar-refractivity contribution in [2.24, 2.45) is 11.8 Å². The molecule has 1 aromatic rings. The average molecular weight is 370 g/mol. The summed E-state index contributed by atoms with van der Waals surface area (Å²) >= 11 is 0. The lowest BCUT2D eigenvalue weighted by molar-refractivity contribution is -0.384. The lowest BCUT2D eigenvalue weighted by Crippen LogP contribution is -2.53. The van der Waals surface area contributed by atoms with Crippen LogP contribution in [0.1, 0.15) is 49.9 Å². The van der Waals surface area contributed by atoms with Gasteiger partial charge < -0.3 is 9.80 Å². The molecule has 1 aliphatic carbocycles. The minimum Gasteiger partial charge on any atom is -0.365 e. The van der Waals surface area contributed by atoms with Crippen molar-refractivity contribution in [2.75, 3.05) is 25.0 Å². The first-order chi connectivity index (χ1) is 12.8. The van der Waals surface area contributed by atoms with Gasteiger partial charge in [-0.1, -0.05) is 13.8 Å². The molecular formula is C20H26N4O3. The van der Waals surface area contributed by atoms with Gasteiger partial charge in [0.05, 0.1) is 11.0 Å². The molecule has 2 aliphatic rings. The van der Waals surface area contributed by atoms with E-state index in [4.69, 9.17) is 0 Å². The number of nitriles is 1. The standard InChI is InChI=1S/C20H26N4O3/c1-14-9-15(2)12-23(11-14)17-6-5-16(10-18(17)24(26)27)19(25)22(3)20(13-21)7-4-8-20/h5-6,10,14-15H,4,7-9,11-12H2,1-3H3/t14-,15-/m1/s1. The van der Waals surface area contributed by atoms with Gasteiger partial charge in [-0.3, -0.25) is 14.9 Å². The van der Waals surface area contributed by atoms with Crippen molar-refractivity contribution in [3.63, 3.8) is 0 Å². The van der Waals surface area contributed by atoms with E-state index in [1.807, 2.05) is 0 Å². The number of nitrogens with zero attached hydrogens (tertiary/aromatic N) is 4. The average Bonchev–Trinajstić information content (AvgIpc) is 2.59. The number of nitro benzene ring substituents is 1. The third kappa shape index (κ3) is 3.48. The number of piperidine rings is 1. The molecule has 1 heterocycles. The Kier molecular flexibility index (Phi) is 5.09. The van der Waals surface area contributed by atoms with Crippen molar-refractivity contribution in [2.45, 2.75) is 45.1 Å². The molecule has 7 heteroatoms. The molecule has 1 aliphatic heterocycles. The molecule has 1 aromatic carbocycles. The van der Waals surface area contributed by atoms with Gasteiger partial charge in [0.25, 0.3) is 11.6 Å². The van der Waals surface area contributed by atoms with E-state index in [-0.39, 0.29) is 17.2 Å². The largest absolute Gasteiger partial charge is 0.365 e. The molecule has 0 aromatic heterocycles. The number of carbonyl (C=O) groups is 1. The Bertz CT molecular complexity index is 787. The highest BCUT2D eigenvalue weighted by Gasteiger charge is 2.44. The Hall–Kier alpha value is -2.62. The SMILES string of the molecule is C[C@@H]1C[C@@H](C)CN(c2ccc(C(=O)N(C)C3(C#N)CCC3)cc2[N+](=O)[O-])C1. The van der Waals surface area contributed by atoms with Crippen LogP contribution in [0, 0.1) is 33.3 Å². The van der Waals surface area contributed by atoms with E-state index in [0.717, 1.165) is 25.9 Å². The number of benzene rings is 1. The maximum Gasteiger partial charge on any atom is 0.293 e. The van der Waals surface area contributed by atoms with Gasteiger partial charge >= 0.3 is 0 Å². The van der Waals surface area contributed by atoms with Crippen LogP contribution in [0.25, 0.3) is 0 Å². The second kappa shape index (κ2) is 7.18. The minimum absolute atomic E-state index is 0.0461. The third-order valence-corrected chi connectivity index (χ3v) is 5.96. The lowest BCUT2D eigenvalue weighted by Gasteiger charge is -2.43. The van der Waals surface area contributed by atoms with Crippen molar-refractivity contribution in [3.05, 3.63) is 33.9 Å². The topological polar surface area (TPSA) is 90.5 Å². The van der Waals surface area contributed by atoms with Crippen LogP contribution in [-0.2, 0) is 0 Å². The van der Waals surface area contributed by atoms with Crippen LogP contribution in [0.4, 0.5) is 11.4 Å². The van der Waals surface area contributed by atoms with Crippen LogP contribution in [0.3, 0.4) is 0 Å². The summed E-state index contributed by atoms with van der Waals surface area (Å²) in [6.45, 7) is 5.86. The summed E-state index contributed by atoms with van der Waals surface area (Å²) in [5.74, 6) is 0.594. The maximum atomic E-state index is 12.8. The van der Waals surface area contributed by atoms with Gasteiger partial charge in [0.1, 0.15) is 11.2 Å². The zero-order chi connectivity index (χ0) is 19.8. The first-order valence-electron chi connectivity index (χ1n) is 9.50. The molecule has 0 radical (unpaired) electrons. The number of hydrogen-bond donors (Lipinski definition) is 0. The third-order valence-electron chi connectivity index (χ3n) is 5.96. The molecule has 144 valence electrons. The Balaban J connectivity index is 1.91. The van der Waals surface area contributed by atoms with Gasteiger partial charge in [0.15, 0.2) is 0 Å². The fraction of sp³-hybridized carbons (Fsp3) is 0.600. The van der Waals surface area contributed by atoms with Gasteiger partial charge in [0.2, 0.25) is 0 Å². The Morgan fingerprint density at radius 1 is 1.33 bits per heavy atom. The second-order valence-corrected chi connectivity index (χ2v) is 8.17. The van der Waals surface area contributed by atoms with E-state index in [2.05, 4.69) is 24.8 Å². The first-order valence-corrected chi connectivity index (χ1v) is 9.50. The summed E-state index contributed by atoms with van der Waals surface area (Å²) in [5, 5.41) is 21.1. The summed E-state index contributed by atoms with van der Waals surface area (Å²) in [6, 6.07) is 6.93. The van der Waals surface area contributed by atoms with Crippen LogP contribution in [0.15, 0.2) is 18.2 Å². The molecule has 2 fully saturated rings. The fourth-order valence-electron chi connectivity index (χ4n) is 4.35. The molecule has 0 spiro atoms. The van der Waals surface area contributed by atoms with Crippen molar-refractivity contribution in [1.29, 1.82) is 5.26 Å². The van der Waals surface area contributed by atoms with Gasteiger partial charge in [0, 0.05) is 31.8 Å². The molecule has 3 rings (SSSR count). The fourth-order valence-corrected chi connectivity index (χ4v) is 4.35. The van der Waals surface area contributed by atoms with Gasteiger partial charge in [-0.25, -0.2) is 0 Å². The summed E-state index contributed by atoms with van der Waals surface area (Å²) in [4.78, 5) is 27.6. The molecule has 1 amide bonds. The highest BCUT2D eigenvalue weighted by atomic mass is 16.6. The van der Waals surface area contributed by atoms with Crippen molar-refractivity contribution >= 4 is 17.3 Å². The molecule has 27 heavy (non-hydrogen) atoms. The normalized spacial score (nSPS) is 23.9. The van der Waals surface area contributed by atoms with Gasteiger partial charge in [-0.2, -0.15) is 5.26 Å². The molecular weight excluding hydrogens is 344 g/mol. The summed E-state index contributed by atoms with van der Waals surface area (Å²) in [6.07, 6.45) is 3.32. The van der Waals surface area contributed by atoms with Crippen molar-refractivity contribution in [1.82, 2.24) is 4.90 Å². The number of hydrogen-bond acceptors (Lipinski definition) is 5.